The molecule has 3 heterocycles. The summed E-state index contributed by atoms with van der Waals surface area (Å²) in [6.45, 7) is 4.72. The van der Waals surface area contributed by atoms with Crippen molar-refractivity contribution in [2.24, 2.45) is 5.73 Å². The molecule has 0 spiro atoms. The number of hydrogen-bond donors (Lipinski definition) is 1. The maximum Gasteiger partial charge on any atom is 0.254 e. The third-order valence-corrected chi connectivity index (χ3v) is 6.02. The number of nitrogens with zero attached hydrogens (tertiary/aromatic N) is 3. The minimum absolute atomic E-state index is 0.0932. The standard InChI is InChI=1S/C23H30N4O/c24-15-21-5-1-2-14-27(21)23(28)20-9-7-19(8-10-20)22-11-6-18(16-25-22)17-26-12-3-4-13-26/h6-11,16,21H,1-5,12-15,17,24H2/t21-/m0/s1. The van der Waals surface area contributed by atoms with Crippen molar-refractivity contribution in [2.75, 3.05) is 26.2 Å². The van der Waals surface area contributed by atoms with Gasteiger partial charge in [0.15, 0.2) is 0 Å². The third-order valence-electron chi connectivity index (χ3n) is 6.02. The van der Waals surface area contributed by atoms with E-state index in [9.17, 15) is 4.79 Å². The van der Waals surface area contributed by atoms with E-state index in [0.29, 0.717) is 6.54 Å². The van der Waals surface area contributed by atoms with Gasteiger partial charge >= 0.3 is 0 Å². The molecule has 2 fully saturated rings. The third kappa shape index (κ3) is 4.26. The Bertz CT molecular complexity index is 781. The first-order valence-electron chi connectivity index (χ1n) is 10.5. The van der Waals surface area contributed by atoms with Crippen molar-refractivity contribution in [3.05, 3.63) is 53.7 Å². The van der Waals surface area contributed by atoms with Gasteiger partial charge in [0.25, 0.3) is 5.91 Å². The minimum Gasteiger partial charge on any atom is -0.334 e. The van der Waals surface area contributed by atoms with E-state index in [2.05, 4.69) is 22.0 Å². The Balaban J connectivity index is 1.43. The largest absolute Gasteiger partial charge is 0.334 e. The van der Waals surface area contributed by atoms with E-state index >= 15 is 0 Å². The van der Waals surface area contributed by atoms with Gasteiger partial charge in [-0.1, -0.05) is 18.2 Å². The summed E-state index contributed by atoms with van der Waals surface area (Å²) in [4.78, 5) is 21.9. The molecule has 2 N–H and O–H groups in total. The molecule has 4 rings (SSSR count). The number of nitrogens with two attached hydrogens (primary N) is 1. The van der Waals surface area contributed by atoms with Crippen molar-refractivity contribution in [3.63, 3.8) is 0 Å². The van der Waals surface area contributed by atoms with Crippen LogP contribution in [0.25, 0.3) is 11.3 Å². The Kier molecular flexibility index (Phi) is 6.03. The molecule has 1 aromatic heterocycles. The average molecular weight is 379 g/mol. The molecule has 5 nitrogen and oxygen atoms in total. The van der Waals surface area contributed by atoms with E-state index < -0.39 is 0 Å². The fraction of sp³-hybridized carbons (Fsp3) is 0.478. The molecule has 0 aliphatic carbocycles. The number of pyridine rings is 1. The molecule has 1 aromatic carbocycles. The first-order chi connectivity index (χ1) is 13.7. The van der Waals surface area contributed by atoms with Crippen LogP contribution in [0.5, 0.6) is 0 Å². The fourth-order valence-corrected chi connectivity index (χ4v) is 4.35. The predicted molar refractivity (Wildman–Crippen MR) is 112 cm³/mol. The zero-order chi connectivity index (χ0) is 19.3. The topological polar surface area (TPSA) is 62.5 Å². The van der Waals surface area contributed by atoms with Crippen molar-refractivity contribution in [1.29, 1.82) is 0 Å². The van der Waals surface area contributed by atoms with Crippen LogP contribution in [-0.4, -0.2) is 52.9 Å². The molecular weight excluding hydrogens is 348 g/mol. The number of carbonyl (C=O) groups excluding carboxylic acids is 1. The monoisotopic (exact) mass is 378 g/mol. The van der Waals surface area contributed by atoms with Crippen molar-refractivity contribution in [3.8, 4) is 11.3 Å². The second kappa shape index (κ2) is 8.84. The Labute approximate surface area is 167 Å². The molecule has 1 amide bonds. The van der Waals surface area contributed by atoms with Gasteiger partial charge in [-0.2, -0.15) is 0 Å². The van der Waals surface area contributed by atoms with Crippen LogP contribution in [0.4, 0.5) is 0 Å². The SMILES string of the molecule is NC[C@@H]1CCCCN1C(=O)c1ccc(-c2ccc(CN3CCCC3)cn2)cc1. The van der Waals surface area contributed by atoms with Crippen molar-refractivity contribution in [1.82, 2.24) is 14.8 Å². The predicted octanol–water partition coefficient (Wildman–Crippen LogP) is 3.30. The van der Waals surface area contributed by atoms with Crippen LogP contribution in [0, 0.1) is 0 Å². The van der Waals surface area contributed by atoms with E-state index in [1.54, 1.807) is 0 Å². The number of benzene rings is 1. The van der Waals surface area contributed by atoms with E-state index in [-0.39, 0.29) is 11.9 Å². The summed E-state index contributed by atoms with van der Waals surface area (Å²) in [5.74, 6) is 0.0932. The van der Waals surface area contributed by atoms with Gasteiger partial charge in [-0.05, 0) is 69.0 Å². The lowest BCUT2D eigenvalue weighted by Gasteiger charge is -2.35. The van der Waals surface area contributed by atoms with E-state index in [1.165, 1.54) is 31.5 Å². The Morgan fingerprint density at radius 2 is 1.75 bits per heavy atom. The van der Waals surface area contributed by atoms with Crippen molar-refractivity contribution in [2.45, 2.75) is 44.7 Å². The first-order valence-corrected chi connectivity index (χ1v) is 10.5. The second-order valence-electron chi connectivity index (χ2n) is 8.00. The van der Waals surface area contributed by atoms with Gasteiger partial charge in [0, 0.05) is 43.0 Å². The van der Waals surface area contributed by atoms with E-state index in [1.807, 2.05) is 35.4 Å². The molecule has 0 unspecified atom stereocenters. The van der Waals surface area contributed by atoms with Crippen LogP contribution in [0.15, 0.2) is 42.6 Å². The molecule has 0 bridgehead atoms. The molecule has 5 heteroatoms. The van der Waals surface area contributed by atoms with Gasteiger partial charge in [-0.15, -0.1) is 0 Å². The second-order valence-corrected chi connectivity index (χ2v) is 8.00. The maximum atomic E-state index is 12.9. The van der Waals surface area contributed by atoms with Gasteiger partial charge < -0.3 is 10.6 Å². The molecule has 0 radical (unpaired) electrons. The van der Waals surface area contributed by atoms with Gasteiger partial charge in [0.05, 0.1) is 5.69 Å². The summed E-state index contributed by atoms with van der Waals surface area (Å²) in [5.41, 5.74) is 9.85. The molecule has 0 saturated carbocycles. The fourth-order valence-electron chi connectivity index (χ4n) is 4.35. The van der Waals surface area contributed by atoms with Crippen molar-refractivity contribution < 1.29 is 4.79 Å². The Morgan fingerprint density at radius 1 is 1.00 bits per heavy atom. The van der Waals surface area contributed by atoms with Gasteiger partial charge in [-0.25, -0.2) is 0 Å². The number of rotatable bonds is 5. The molecule has 1 atom stereocenters. The van der Waals surface area contributed by atoms with Crippen LogP contribution < -0.4 is 5.73 Å². The highest BCUT2D eigenvalue weighted by molar-refractivity contribution is 5.95. The highest BCUT2D eigenvalue weighted by Gasteiger charge is 2.26. The lowest BCUT2D eigenvalue weighted by molar-refractivity contribution is 0.0623. The van der Waals surface area contributed by atoms with Gasteiger partial charge in [-0.3, -0.25) is 14.7 Å². The number of amides is 1. The maximum absolute atomic E-state index is 12.9. The van der Waals surface area contributed by atoms with Crippen LogP contribution >= 0.6 is 0 Å². The number of likely N-dealkylation sites (tertiary alicyclic amines) is 2. The van der Waals surface area contributed by atoms with Gasteiger partial charge in [0.1, 0.15) is 0 Å². The molecule has 2 aromatic rings. The number of carbonyl (C=O) groups is 1. The summed E-state index contributed by atoms with van der Waals surface area (Å²) in [7, 11) is 0. The highest BCUT2D eigenvalue weighted by atomic mass is 16.2. The average Bonchev–Trinajstić information content (AvgIpc) is 3.27. The molecule has 2 saturated heterocycles. The van der Waals surface area contributed by atoms with Crippen molar-refractivity contribution >= 4 is 5.91 Å². The summed E-state index contributed by atoms with van der Waals surface area (Å²) in [6.07, 6.45) is 7.82. The minimum atomic E-state index is 0.0932. The smallest absolute Gasteiger partial charge is 0.254 e. The molecule has 148 valence electrons. The van der Waals surface area contributed by atoms with E-state index in [0.717, 1.165) is 49.2 Å². The summed E-state index contributed by atoms with van der Waals surface area (Å²) in [6, 6.07) is 12.2. The number of piperidine rings is 1. The normalized spacial score (nSPS) is 20.5. The summed E-state index contributed by atoms with van der Waals surface area (Å²) >= 11 is 0. The van der Waals surface area contributed by atoms with Gasteiger partial charge in [0.2, 0.25) is 0 Å². The van der Waals surface area contributed by atoms with Crippen LogP contribution in [0.1, 0.15) is 48.0 Å². The molecule has 2 aliphatic heterocycles. The first kappa shape index (κ1) is 19.1. The highest BCUT2D eigenvalue weighted by Crippen LogP contribution is 2.22. The summed E-state index contributed by atoms with van der Waals surface area (Å²) in [5, 5.41) is 0. The Morgan fingerprint density at radius 3 is 2.43 bits per heavy atom. The molecule has 28 heavy (non-hydrogen) atoms. The van der Waals surface area contributed by atoms with Crippen LogP contribution in [-0.2, 0) is 6.54 Å². The zero-order valence-corrected chi connectivity index (χ0v) is 16.5. The Hall–Kier alpha value is -2.24. The zero-order valence-electron chi connectivity index (χ0n) is 16.5. The van der Waals surface area contributed by atoms with Crippen LogP contribution in [0.2, 0.25) is 0 Å². The number of hydrogen-bond acceptors (Lipinski definition) is 4. The lowest BCUT2D eigenvalue weighted by atomic mass is 10.00. The summed E-state index contributed by atoms with van der Waals surface area (Å²) < 4.78 is 0. The number of aromatic nitrogens is 1. The van der Waals surface area contributed by atoms with Crippen LogP contribution in [0.3, 0.4) is 0 Å². The molecule has 2 aliphatic rings. The quantitative estimate of drug-likeness (QED) is 0.867. The lowest BCUT2D eigenvalue weighted by Crippen LogP contribution is -2.47. The van der Waals surface area contributed by atoms with E-state index in [4.69, 9.17) is 5.73 Å². The molecular formula is C23H30N4O.